The number of carbonyl (C=O) groups excluding carboxylic acids is 1. The van der Waals surface area contributed by atoms with E-state index in [-0.39, 0.29) is 34.3 Å². The van der Waals surface area contributed by atoms with Gasteiger partial charge in [-0.1, -0.05) is 56.3 Å². The SMILES string of the molecule is C=C(C)[C@@H]1C[C@@H](c2c(O)cc(O)c(C(=O)c3ccccc3)c2O)C(C)(C)C1. The second-order valence-electron chi connectivity index (χ2n) is 8.27. The van der Waals surface area contributed by atoms with E-state index in [4.69, 9.17) is 0 Å². The molecule has 1 aliphatic rings. The number of aromatic hydroxyl groups is 3. The topological polar surface area (TPSA) is 77.8 Å². The summed E-state index contributed by atoms with van der Waals surface area (Å²) in [7, 11) is 0. The van der Waals surface area contributed by atoms with Crippen molar-refractivity contribution in [2.45, 2.75) is 39.5 Å². The molecule has 142 valence electrons. The van der Waals surface area contributed by atoms with Crippen molar-refractivity contribution in [1.29, 1.82) is 0 Å². The molecule has 0 unspecified atom stereocenters. The molecule has 4 heteroatoms. The zero-order valence-electron chi connectivity index (χ0n) is 16.0. The van der Waals surface area contributed by atoms with E-state index >= 15 is 0 Å². The van der Waals surface area contributed by atoms with Gasteiger partial charge in [-0.3, -0.25) is 4.79 Å². The molecule has 0 radical (unpaired) electrons. The van der Waals surface area contributed by atoms with Crippen molar-refractivity contribution in [3.8, 4) is 17.2 Å². The first-order chi connectivity index (χ1) is 12.6. The molecule has 1 aliphatic carbocycles. The van der Waals surface area contributed by atoms with Crippen LogP contribution in [-0.2, 0) is 0 Å². The Hall–Kier alpha value is -2.75. The summed E-state index contributed by atoms with van der Waals surface area (Å²) in [5.74, 6) is -1.28. The Kier molecular flexibility index (Phi) is 4.77. The molecule has 2 aromatic rings. The van der Waals surface area contributed by atoms with Gasteiger partial charge in [0, 0.05) is 17.2 Å². The molecule has 0 heterocycles. The number of allylic oxidation sites excluding steroid dienone is 1. The largest absolute Gasteiger partial charge is 0.507 e. The Bertz CT molecular complexity index is 896. The standard InChI is InChI=1S/C23H26O4/c1-13(2)15-10-16(23(3,4)12-15)19-17(24)11-18(25)20(22(19)27)21(26)14-8-6-5-7-9-14/h5-9,11,15-16,24-25,27H,1,10,12H2,2-4H3/t15-,16+/m1/s1. The highest BCUT2D eigenvalue weighted by molar-refractivity contribution is 6.12. The number of ketones is 1. The fourth-order valence-corrected chi connectivity index (χ4v) is 4.31. The van der Waals surface area contributed by atoms with E-state index in [2.05, 4.69) is 20.4 Å². The third-order valence-corrected chi connectivity index (χ3v) is 5.84. The summed E-state index contributed by atoms with van der Waals surface area (Å²) in [6.07, 6.45) is 1.61. The summed E-state index contributed by atoms with van der Waals surface area (Å²) < 4.78 is 0. The molecular weight excluding hydrogens is 340 g/mol. The summed E-state index contributed by atoms with van der Waals surface area (Å²) in [5, 5.41) is 31.7. The smallest absolute Gasteiger partial charge is 0.200 e. The number of hydrogen-bond donors (Lipinski definition) is 3. The van der Waals surface area contributed by atoms with Crippen LogP contribution in [0, 0.1) is 11.3 Å². The van der Waals surface area contributed by atoms with Crippen LogP contribution in [-0.4, -0.2) is 21.1 Å². The molecule has 3 N–H and O–H groups in total. The maximum atomic E-state index is 12.9. The third kappa shape index (κ3) is 3.32. The number of benzene rings is 2. The zero-order chi connectivity index (χ0) is 19.9. The van der Waals surface area contributed by atoms with E-state index in [1.165, 1.54) is 0 Å². The van der Waals surface area contributed by atoms with Crippen molar-refractivity contribution in [3.05, 3.63) is 65.2 Å². The fourth-order valence-electron chi connectivity index (χ4n) is 4.31. The lowest BCUT2D eigenvalue weighted by molar-refractivity contribution is 0.103. The first-order valence-corrected chi connectivity index (χ1v) is 9.16. The van der Waals surface area contributed by atoms with Crippen LogP contribution in [0.1, 0.15) is 61.0 Å². The van der Waals surface area contributed by atoms with Crippen LogP contribution in [0.2, 0.25) is 0 Å². The van der Waals surface area contributed by atoms with E-state index in [1.54, 1.807) is 30.3 Å². The molecule has 1 saturated carbocycles. The average molecular weight is 366 g/mol. The molecule has 4 nitrogen and oxygen atoms in total. The normalized spacial score (nSPS) is 21.1. The van der Waals surface area contributed by atoms with Gasteiger partial charge in [0.25, 0.3) is 0 Å². The summed E-state index contributed by atoms with van der Waals surface area (Å²) in [4.78, 5) is 12.9. The van der Waals surface area contributed by atoms with Crippen LogP contribution >= 0.6 is 0 Å². The van der Waals surface area contributed by atoms with Gasteiger partial charge in [0.1, 0.15) is 22.8 Å². The van der Waals surface area contributed by atoms with E-state index in [0.29, 0.717) is 11.1 Å². The molecule has 0 bridgehead atoms. The Labute approximate surface area is 159 Å². The minimum absolute atomic E-state index is 0.151. The van der Waals surface area contributed by atoms with Crippen LogP contribution in [0.15, 0.2) is 48.6 Å². The molecule has 0 amide bonds. The molecule has 0 aromatic heterocycles. The number of hydrogen-bond acceptors (Lipinski definition) is 4. The predicted octanol–water partition coefficient (Wildman–Crippen LogP) is 5.13. The number of carbonyl (C=O) groups is 1. The van der Waals surface area contributed by atoms with E-state index in [9.17, 15) is 20.1 Å². The lowest BCUT2D eigenvalue weighted by atomic mass is 9.76. The Balaban J connectivity index is 2.13. The molecule has 2 aromatic carbocycles. The predicted molar refractivity (Wildman–Crippen MR) is 105 cm³/mol. The molecule has 0 aliphatic heterocycles. The maximum Gasteiger partial charge on any atom is 0.200 e. The van der Waals surface area contributed by atoms with Crippen molar-refractivity contribution in [1.82, 2.24) is 0 Å². The lowest BCUT2D eigenvalue weighted by Gasteiger charge is -2.29. The van der Waals surface area contributed by atoms with Crippen LogP contribution in [0.25, 0.3) is 0 Å². The van der Waals surface area contributed by atoms with Gasteiger partial charge in [-0.05, 0) is 37.0 Å². The quantitative estimate of drug-likeness (QED) is 0.518. The molecule has 0 saturated heterocycles. The van der Waals surface area contributed by atoms with Crippen molar-refractivity contribution in [2.75, 3.05) is 0 Å². The van der Waals surface area contributed by atoms with Crippen molar-refractivity contribution in [3.63, 3.8) is 0 Å². The maximum absolute atomic E-state index is 12.9. The monoisotopic (exact) mass is 366 g/mol. The van der Waals surface area contributed by atoms with Crippen LogP contribution in [0.3, 0.4) is 0 Å². The number of rotatable bonds is 4. The van der Waals surface area contributed by atoms with Crippen LogP contribution in [0.5, 0.6) is 17.2 Å². The Morgan fingerprint density at radius 2 is 1.74 bits per heavy atom. The van der Waals surface area contributed by atoms with Crippen LogP contribution < -0.4 is 0 Å². The molecular formula is C23H26O4. The van der Waals surface area contributed by atoms with Crippen molar-refractivity contribution in [2.24, 2.45) is 11.3 Å². The average Bonchev–Trinajstić information content (AvgIpc) is 2.91. The van der Waals surface area contributed by atoms with Gasteiger partial charge in [-0.2, -0.15) is 0 Å². The minimum atomic E-state index is -0.473. The second-order valence-corrected chi connectivity index (χ2v) is 8.27. The first-order valence-electron chi connectivity index (χ1n) is 9.16. The van der Waals surface area contributed by atoms with Gasteiger partial charge < -0.3 is 15.3 Å². The van der Waals surface area contributed by atoms with Gasteiger partial charge in [0.2, 0.25) is 5.78 Å². The summed E-state index contributed by atoms with van der Waals surface area (Å²) in [6.45, 7) is 10.2. The summed E-state index contributed by atoms with van der Waals surface area (Å²) in [5.41, 5.74) is 1.42. The third-order valence-electron chi connectivity index (χ3n) is 5.84. The molecule has 3 rings (SSSR count). The highest BCUT2D eigenvalue weighted by atomic mass is 16.3. The lowest BCUT2D eigenvalue weighted by Crippen LogP contribution is -2.17. The molecule has 2 atom stereocenters. The Morgan fingerprint density at radius 1 is 1.11 bits per heavy atom. The highest BCUT2D eigenvalue weighted by Crippen LogP contribution is 2.58. The van der Waals surface area contributed by atoms with Crippen molar-refractivity contribution < 1.29 is 20.1 Å². The summed E-state index contributed by atoms with van der Waals surface area (Å²) >= 11 is 0. The summed E-state index contributed by atoms with van der Waals surface area (Å²) in [6, 6.07) is 9.65. The Morgan fingerprint density at radius 3 is 2.30 bits per heavy atom. The highest BCUT2D eigenvalue weighted by Gasteiger charge is 2.44. The van der Waals surface area contributed by atoms with Gasteiger partial charge in [0.15, 0.2) is 0 Å². The fraction of sp³-hybridized carbons (Fsp3) is 0.348. The molecule has 1 fully saturated rings. The van der Waals surface area contributed by atoms with Gasteiger partial charge in [-0.25, -0.2) is 0 Å². The molecule has 27 heavy (non-hydrogen) atoms. The van der Waals surface area contributed by atoms with Gasteiger partial charge in [-0.15, -0.1) is 0 Å². The zero-order valence-corrected chi connectivity index (χ0v) is 16.0. The first kappa shape index (κ1) is 19.0. The van der Waals surface area contributed by atoms with Crippen molar-refractivity contribution >= 4 is 5.78 Å². The minimum Gasteiger partial charge on any atom is -0.507 e. The van der Waals surface area contributed by atoms with Gasteiger partial charge in [0.05, 0.1) is 0 Å². The van der Waals surface area contributed by atoms with E-state index < -0.39 is 11.5 Å². The van der Waals surface area contributed by atoms with E-state index in [0.717, 1.165) is 24.5 Å². The van der Waals surface area contributed by atoms with E-state index in [1.807, 2.05) is 6.92 Å². The van der Waals surface area contributed by atoms with Crippen LogP contribution in [0.4, 0.5) is 0 Å². The van der Waals surface area contributed by atoms with Gasteiger partial charge >= 0.3 is 0 Å². The number of phenols is 3. The molecule has 0 spiro atoms. The number of phenolic OH excluding ortho intramolecular Hbond substituents is 3. The second kappa shape index (κ2) is 6.76.